The van der Waals surface area contributed by atoms with E-state index in [1.165, 1.54) is 6.20 Å². The molecule has 0 atom stereocenters. The second-order valence-electron chi connectivity index (χ2n) is 4.87. The zero-order chi connectivity index (χ0) is 13.7. The van der Waals surface area contributed by atoms with E-state index in [9.17, 15) is 9.90 Å². The van der Waals surface area contributed by atoms with E-state index < -0.39 is 5.97 Å². The van der Waals surface area contributed by atoms with Crippen LogP contribution in [-0.4, -0.2) is 41.7 Å². The van der Waals surface area contributed by atoms with Gasteiger partial charge in [0.1, 0.15) is 5.56 Å². The maximum Gasteiger partial charge on any atom is 0.339 e. The molecule has 0 saturated carbocycles. The Hall–Kier alpha value is -1.62. The average Bonchev–Trinajstić information content (AvgIpc) is 2.45. The molecule has 0 aromatic carbocycles. The third-order valence-corrected chi connectivity index (χ3v) is 3.55. The predicted molar refractivity (Wildman–Crippen MR) is 74.7 cm³/mol. The summed E-state index contributed by atoms with van der Waals surface area (Å²) in [6.45, 7) is 5.00. The number of carboxylic acid groups (broad SMARTS) is 1. The van der Waals surface area contributed by atoms with Gasteiger partial charge in [0.15, 0.2) is 0 Å². The molecule has 2 heterocycles. The summed E-state index contributed by atoms with van der Waals surface area (Å²) in [6, 6.07) is 2.24. The maximum atomic E-state index is 11.3. The summed E-state index contributed by atoms with van der Waals surface area (Å²) in [5.74, 6) is -0.905. The minimum atomic E-state index is -0.905. The van der Waals surface area contributed by atoms with Gasteiger partial charge in [0, 0.05) is 25.0 Å². The summed E-state index contributed by atoms with van der Waals surface area (Å²) < 4.78 is 0. The van der Waals surface area contributed by atoms with Gasteiger partial charge in [-0.05, 0) is 38.4 Å². The first-order valence-corrected chi connectivity index (χ1v) is 6.88. The molecule has 0 unspecified atom stereocenters. The Morgan fingerprint density at radius 2 is 2.26 bits per heavy atom. The molecule has 5 nitrogen and oxygen atoms in total. The van der Waals surface area contributed by atoms with Crippen LogP contribution in [-0.2, 0) is 0 Å². The normalized spacial score (nSPS) is 16.3. The van der Waals surface area contributed by atoms with Crippen LogP contribution in [0, 0.1) is 0 Å². The lowest BCUT2D eigenvalue weighted by Gasteiger charge is -2.36. The third-order valence-electron chi connectivity index (χ3n) is 3.55. The Morgan fingerprint density at radius 3 is 2.89 bits per heavy atom. The highest BCUT2D eigenvalue weighted by Crippen LogP contribution is 2.25. The fourth-order valence-electron chi connectivity index (χ4n) is 2.66. The van der Waals surface area contributed by atoms with Crippen LogP contribution in [0.3, 0.4) is 0 Å². The zero-order valence-corrected chi connectivity index (χ0v) is 11.3. The van der Waals surface area contributed by atoms with Crippen molar-refractivity contribution in [3.8, 4) is 0 Å². The van der Waals surface area contributed by atoms with Crippen LogP contribution < -0.4 is 10.2 Å². The van der Waals surface area contributed by atoms with Crippen LogP contribution in [0.25, 0.3) is 0 Å². The van der Waals surface area contributed by atoms with Crippen LogP contribution in [0.2, 0.25) is 0 Å². The second-order valence-corrected chi connectivity index (χ2v) is 4.87. The smallest absolute Gasteiger partial charge is 0.339 e. The Balaban J connectivity index is 2.29. The molecule has 1 aliphatic rings. The lowest BCUT2D eigenvalue weighted by molar-refractivity contribution is 0.0697. The standard InChI is InChI=1S/C14H21N3O2/c1-2-9-17(11-3-6-15-7-4-11)13-5-8-16-10-12(13)14(18)19/h5,8,10-11,15H,2-4,6-7,9H2,1H3,(H,18,19). The monoisotopic (exact) mass is 263 g/mol. The summed E-state index contributed by atoms with van der Waals surface area (Å²) in [7, 11) is 0. The number of carbonyl (C=O) groups is 1. The zero-order valence-electron chi connectivity index (χ0n) is 11.3. The molecular weight excluding hydrogens is 242 g/mol. The van der Waals surface area contributed by atoms with E-state index >= 15 is 0 Å². The summed E-state index contributed by atoms with van der Waals surface area (Å²) in [5.41, 5.74) is 1.10. The van der Waals surface area contributed by atoms with Crippen molar-refractivity contribution in [2.45, 2.75) is 32.2 Å². The molecule has 2 N–H and O–H groups in total. The molecule has 1 fully saturated rings. The molecule has 0 bridgehead atoms. The number of rotatable bonds is 5. The number of aromatic carboxylic acids is 1. The summed E-state index contributed by atoms with van der Waals surface area (Å²) in [4.78, 5) is 17.5. The minimum Gasteiger partial charge on any atom is -0.478 e. The van der Waals surface area contributed by atoms with E-state index in [1.807, 2.05) is 6.07 Å². The number of hydrogen-bond donors (Lipinski definition) is 2. The Kier molecular flexibility index (Phi) is 4.74. The number of aromatic nitrogens is 1. The lowest BCUT2D eigenvalue weighted by atomic mass is 10.0. The van der Waals surface area contributed by atoms with Gasteiger partial charge in [-0.25, -0.2) is 4.79 Å². The first-order chi connectivity index (χ1) is 9.24. The van der Waals surface area contributed by atoms with Crippen molar-refractivity contribution >= 4 is 11.7 Å². The molecule has 0 spiro atoms. The van der Waals surface area contributed by atoms with Gasteiger partial charge in [0.2, 0.25) is 0 Å². The fraction of sp³-hybridized carbons (Fsp3) is 0.571. The molecule has 0 radical (unpaired) electrons. The first-order valence-electron chi connectivity index (χ1n) is 6.88. The van der Waals surface area contributed by atoms with E-state index in [4.69, 9.17) is 0 Å². The van der Waals surface area contributed by atoms with E-state index in [-0.39, 0.29) is 0 Å². The third kappa shape index (κ3) is 3.23. The van der Waals surface area contributed by atoms with Gasteiger partial charge >= 0.3 is 5.97 Å². The Morgan fingerprint density at radius 1 is 1.53 bits per heavy atom. The van der Waals surface area contributed by atoms with Gasteiger partial charge in [0.05, 0.1) is 5.69 Å². The van der Waals surface area contributed by atoms with E-state index in [0.717, 1.165) is 44.6 Å². The van der Waals surface area contributed by atoms with Crippen LogP contribution in [0.1, 0.15) is 36.5 Å². The van der Waals surface area contributed by atoms with Crippen molar-refractivity contribution in [2.24, 2.45) is 0 Å². The quantitative estimate of drug-likeness (QED) is 0.847. The minimum absolute atomic E-state index is 0.300. The van der Waals surface area contributed by atoms with Crippen LogP contribution in [0.4, 0.5) is 5.69 Å². The maximum absolute atomic E-state index is 11.3. The molecular formula is C14H21N3O2. The molecule has 19 heavy (non-hydrogen) atoms. The fourth-order valence-corrected chi connectivity index (χ4v) is 2.66. The molecule has 1 aliphatic heterocycles. The highest BCUT2D eigenvalue weighted by molar-refractivity contribution is 5.94. The summed E-state index contributed by atoms with van der Waals surface area (Å²) >= 11 is 0. The molecule has 0 aliphatic carbocycles. The number of carboxylic acids is 1. The Bertz CT molecular complexity index is 430. The van der Waals surface area contributed by atoms with Gasteiger partial charge in [-0.1, -0.05) is 6.92 Å². The van der Waals surface area contributed by atoms with Crippen molar-refractivity contribution in [1.29, 1.82) is 0 Å². The molecule has 5 heteroatoms. The summed E-state index contributed by atoms with van der Waals surface area (Å²) in [6.07, 6.45) is 6.24. The van der Waals surface area contributed by atoms with Gasteiger partial charge < -0.3 is 15.3 Å². The van der Waals surface area contributed by atoms with Gasteiger partial charge in [-0.2, -0.15) is 0 Å². The lowest BCUT2D eigenvalue weighted by Crippen LogP contribution is -2.44. The van der Waals surface area contributed by atoms with E-state index in [2.05, 4.69) is 22.1 Å². The number of piperidine rings is 1. The largest absolute Gasteiger partial charge is 0.478 e. The molecule has 1 aromatic heterocycles. The number of nitrogens with zero attached hydrogens (tertiary/aromatic N) is 2. The number of pyridine rings is 1. The SMILES string of the molecule is CCCN(c1ccncc1C(=O)O)C1CCNCC1. The molecule has 0 amide bonds. The van der Waals surface area contributed by atoms with Crippen molar-refractivity contribution in [2.75, 3.05) is 24.5 Å². The molecule has 1 aromatic rings. The molecule has 104 valence electrons. The van der Waals surface area contributed by atoms with Gasteiger partial charge in [-0.15, -0.1) is 0 Å². The Labute approximate surface area is 113 Å². The number of nitrogens with one attached hydrogen (secondary N) is 1. The van der Waals surface area contributed by atoms with Gasteiger partial charge in [-0.3, -0.25) is 4.98 Å². The van der Waals surface area contributed by atoms with Crippen molar-refractivity contribution in [3.05, 3.63) is 24.0 Å². The van der Waals surface area contributed by atoms with Crippen molar-refractivity contribution in [3.63, 3.8) is 0 Å². The van der Waals surface area contributed by atoms with Gasteiger partial charge in [0.25, 0.3) is 0 Å². The topological polar surface area (TPSA) is 65.5 Å². The highest BCUT2D eigenvalue weighted by Gasteiger charge is 2.24. The predicted octanol–water partition coefficient (Wildman–Crippen LogP) is 1.75. The van der Waals surface area contributed by atoms with Crippen LogP contribution in [0.5, 0.6) is 0 Å². The van der Waals surface area contributed by atoms with Crippen LogP contribution >= 0.6 is 0 Å². The number of anilines is 1. The molecule has 1 saturated heterocycles. The number of hydrogen-bond acceptors (Lipinski definition) is 4. The molecule has 2 rings (SSSR count). The van der Waals surface area contributed by atoms with E-state index in [0.29, 0.717) is 11.6 Å². The average molecular weight is 263 g/mol. The second kappa shape index (κ2) is 6.52. The van der Waals surface area contributed by atoms with Crippen molar-refractivity contribution < 1.29 is 9.90 Å². The van der Waals surface area contributed by atoms with Crippen molar-refractivity contribution in [1.82, 2.24) is 10.3 Å². The van der Waals surface area contributed by atoms with Crippen LogP contribution in [0.15, 0.2) is 18.5 Å². The first kappa shape index (κ1) is 13.8. The summed E-state index contributed by atoms with van der Waals surface area (Å²) in [5, 5.41) is 12.6. The highest BCUT2D eigenvalue weighted by atomic mass is 16.4. The van der Waals surface area contributed by atoms with E-state index in [1.54, 1.807) is 6.20 Å².